The third kappa shape index (κ3) is 2.68. The largest absolute Gasteiger partial charge is 0.277 e. The molecule has 0 saturated heterocycles. The maximum Gasteiger partial charge on any atom is 0.0709 e. The maximum atomic E-state index is 4.23. The number of hydrogen-bond donors (Lipinski definition) is 1. The molecule has 3 rings (SSSR count). The van der Waals surface area contributed by atoms with Crippen molar-refractivity contribution in [1.29, 1.82) is 0 Å². The van der Waals surface area contributed by atoms with Crippen LogP contribution in [0.1, 0.15) is 31.2 Å². The minimum absolute atomic E-state index is 1.11. The minimum atomic E-state index is 1.11. The maximum absolute atomic E-state index is 4.23. The Balaban J connectivity index is 2.08. The lowest BCUT2D eigenvalue weighted by Gasteiger charge is -2.17. The molecule has 0 aromatic heterocycles. The Kier molecular flexibility index (Phi) is 3.59. The fourth-order valence-corrected chi connectivity index (χ4v) is 2.60. The van der Waals surface area contributed by atoms with Gasteiger partial charge in [-0.1, -0.05) is 42.5 Å². The lowest BCUT2D eigenvalue weighted by Crippen LogP contribution is -2.08. The third-order valence-electron chi connectivity index (χ3n) is 3.57. The van der Waals surface area contributed by atoms with E-state index in [0.717, 1.165) is 12.1 Å². The Morgan fingerprint density at radius 3 is 2.74 bits per heavy atom. The van der Waals surface area contributed by atoms with Gasteiger partial charge in [0.15, 0.2) is 0 Å². The first-order chi connectivity index (χ1) is 9.45. The Morgan fingerprint density at radius 1 is 1.05 bits per heavy atom. The summed E-state index contributed by atoms with van der Waals surface area (Å²) in [6.07, 6.45) is 13.3. The molecule has 1 aliphatic carbocycles. The van der Waals surface area contributed by atoms with Crippen molar-refractivity contribution in [1.82, 2.24) is 5.43 Å². The SMILES string of the molecule is C1=CC(C2=CCCCC2)=C(c2ccccc2)NN=C1. The highest BCUT2D eigenvalue weighted by molar-refractivity contribution is 5.81. The van der Waals surface area contributed by atoms with Gasteiger partial charge in [0.2, 0.25) is 0 Å². The summed E-state index contributed by atoms with van der Waals surface area (Å²) < 4.78 is 0. The second-order valence-electron chi connectivity index (χ2n) is 4.88. The molecule has 0 amide bonds. The van der Waals surface area contributed by atoms with Gasteiger partial charge in [-0.15, -0.1) is 0 Å². The third-order valence-corrected chi connectivity index (χ3v) is 3.57. The first kappa shape index (κ1) is 12.0. The molecular weight excluding hydrogens is 232 g/mol. The van der Waals surface area contributed by atoms with E-state index in [9.17, 15) is 0 Å². The van der Waals surface area contributed by atoms with E-state index in [1.54, 1.807) is 6.21 Å². The van der Waals surface area contributed by atoms with Crippen LogP contribution < -0.4 is 5.43 Å². The molecule has 1 heterocycles. The van der Waals surface area contributed by atoms with E-state index in [0.29, 0.717) is 0 Å². The fraction of sp³-hybridized carbons (Fsp3) is 0.235. The Labute approximate surface area is 114 Å². The van der Waals surface area contributed by atoms with Gasteiger partial charge in [-0.2, -0.15) is 5.10 Å². The standard InChI is InChI=1S/C17H18N2/c1-3-8-14(9-4-1)16-12-7-13-18-19-17(16)15-10-5-2-6-11-15/h2,5-8,10-13,19H,1,3-4,9H2. The molecule has 0 fully saturated rings. The predicted molar refractivity (Wildman–Crippen MR) is 80.7 cm³/mol. The van der Waals surface area contributed by atoms with Crippen molar-refractivity contribution in [2.45, 2.75) is 25.7 Å². The molecule has 0 unspecified atom stereocenters. The summed E-state index contributed by atoms with van der Waals surface area (Å²) in [5, 5.41) is 4.23. The molecule has 0 bridgehead atoms. The van der Waals surface area contributed by atoms with Crippen molar-refractivity contribution < 1.29 is 0 Å². The van der Waals surface area contributed by atoms with Gasteiger partial charge in [0.25, 0.3) is 0 Å². The normalized spacial score (nSPS) is 18.8. The second kappa shape index (κ2) is 5.70. The molecule has 0 spiro atoms. The highest BCUT2D eigenvalue weighted by Crippen LogP contribution is 2.30. The number of allylic oxidation sites excluding steroid dienone is 5. The highest BCUT2D eigenvalue weighted by atomic mass is 15.3. The zero-order valence-electron chi connectivity index (χ0n) is 11.0. The Morgan fingerprint density at radius 2 is 1.95 bits per heavy atom. The second-order valence-corrected chi connectivity index (χ2v) is 4.88. The van der Waals surface area contributed by atoms with Crippen molar-refractivity contribution in [3.63, 3.8) is 0 Å². The van der Waals surface area contributed by atoms with Crippen molar-refractivity contribution in [3.8, 4) is 0 Å². The smallest absolute Gasteiger partial charge is 0.0709 e. The zero-order valence-corrected chi connectivity index (χ0v) is 11.0. The Bertz CT molecular complexity index is 562. The number of nitrogens with one attached hydrogen (secondary N) is 1. The molecule has 2 aliphatic rings. The van der Waals surface area contributed by atoms with Crippen LogP contribution in [0, 0.1) is 0 Å². The van der Waals surface area contributed by atoms with Crippen molar-refractivity contribution in [2.75, 3.05) is 0 Å². The van der Waals surface area contributed by atoms with Gasteiger partial charge < -0.3 is 0 Å². The lowest BCUT2D eigenvalue weighted by molar-refractivity contribution is 0.708. The lowest BCUT2D eigenvalue weighted by atomic mass is 9.90. The summed E-state index contributed by atoms with van der Waals surface area (Å²) in [6.45, 7) is 0. The quantitative estimate of drug-likeness (QED) is 0.841. The summed E-state index contributed by atoms with van der Waals surface area (Å²) >= 11 is 0. The molecule has 19 heavy (non-hydrogen) atoms. The van der Waals surface area contributed by atoms with Gasteiger partial charge >= 0.3 is 0 Å². The van der Waals surface area contributed by atoms with Crippen molar-refractivity contribution >= 4 is 11.9 Å². The molecule has 2 nitrogen and oxygen atoms in total. The summed E-state index contributed by atoms with van der Waals surface area (Å²) in [5.41, 5.74) is 8.21. The van der Waals surface area contributed by atoms with Gasteiger partial charge in [0, 0.05) is 17.4 Å². The van der Waals surface area contributed by atoms with E-state index in [1.807, 2.05) is 12.1 Å². The van der Waals surface area contributed by atoms with Gasteiger partial charge in [0.05, 0.1) is 5.70 Å². The molecule has 0 radical (unpaired) electrons. The average Bonchev–Trinajstić information content (AvgIpc) is 2.75. The molecule has 0 saturated carbocycles. The summed E-state index contributed by atoms with van der Waals surface area (Å²) in [4.78, 5) is 0. The molecular formula is C17H18N2. The van der Waals surface area contributed by atoms with Gasteiger partial charge in [-0.25, -0.2) is 0 Å². The van der Waals surface area contributed by atoms with Crippen LogP contribution in [-0.2, 0) is 0 Å². The van der Waals surface area contributed by atoms with Crippen LogP contribution in [0.15, 0.2) is 64.8 Å². The number of rotatable bonds is 2. The van der Waals surface area contributed by atoms with Gasteiger partial charge in [-0.3, -0.25) is 5.43 Å². The zero-order chi connectivity index (χ0) is 12.9. The Hall–Kier alpha value is -2.09. The van der Waals surface area contributed by atoms with Crippen molar-refractivity contribution in [3.05, 3.63) is 65.3 Å². The first-order valence-corrected chi connectivity index (χ1v) is 6.90. The molecule has 0 atom stereocenters. The number of benzene rings is 1. The van der Waals surface area contributed by atoms with Crippen LogP contribution in [-0.4, -0.2) is 6.21 Å². The van der Waals surface area contributed by atoms with Crippen LogP contribution in [0.3, 0.4) is 0 Å². The van der Waals surface area contributed by atoms with E-state index in [1.165, 1.54) is 36.0 Å². The molecule has 2 heteroatoms. The number of hydrogen-bond acceptors (Lipinski definition) is 2. The van der Waals surface area contributed by atoms with Crippen LogP contribution in [0.5, 0.6) is 0 Å². The minimum Gasteiger partial charge on any atom is -0.277 e. The van der Waals surface area contributed by atoms with E-state index in [4.69, 9.17) is 0 Å². The highest BCUT2D eigenvalue weighted by Gasteiger charge is 2.14. The monoisotopic (exact) mass is 250 g/mol. The van der Waals surface area contributed by atoms with Crippen LogP contribution in [0.2, 0.25) is 0 Å². The van der Waals surface area contributed by atoms with Gasteiger partial charge in [-0.05, 0) is 37.3 Å². The molecule has 1 aromatic carbocycles. The summed E-state index contributed by atoms with van der Waals surface area (Å²) in [5.74, 6) is 0. The molecule has 1 aromatic rings. The number of nitrogens with zero attached hydrogens (tertiary/aromatic N) is 1. The van der Waals surface area contributed by atoms with E-state index in [2.05, 4.69) is 46.9 Å². The van der Waals surface area contributed by atoms with E-state index >= 15 is 0 Å². The van der Waals surface area contributed by atoms with Crippen LogP contribution >= 0.6 is 0 Å². The first-order valence-electron chi connectivity index (χ1n) is 6.90. The molecule has 1 N–H and O–H groups in total. The summed E-state index contributed by atoms with van der Waals surface area (Å²) in [6, 6.07) is 10.4. The van der Waals surface area contributed by atoms with Gasteiger partial charge in [0.1, 0.15) is 0 Å². The fourth-order valence-electron chi connectivity index (χ4n) is 2.60. The average molecular weight is 250 g/mol. The topological polar surface area (TPSA) is 24.4 Å². The van der Waals surface area contributed by atoms with E-state index in [-0.39, 0.29) is 0 Å². The van der Waals surface area contributed by atoms with Crippen molar-refractivity contribution in [2.24, 2.45) is 5.10 Å². The molecule has 1 aliphatic heterocycles. The molecule has 96 valence electrons. The van der Waals surface area contributed by atoms with Crippen LogP contribution in [0.4, 0.5) is 0 Å². The predicted octanol–water partition coefficient (Wildman–Crippen LogP) is 4.04. The van der Waals surface area contributed by atoms with E-state index < -0.39 is 0 Å². The van der Waals surface area contributed by atoms with Crippen LogP contribution in [0.25, 0.3) is 5.70 Å². The number of hydrazone groups is 1. The summed E-state index contributed by atoms with van der Waals surface area (Å²) in [7, 11) is 0.